The minimum absolute atomic E-state index is 0.114. The van der Waals surface area contributed by atoms with E-state index >= 15 is 0 Å². The minimum Gasteiger partial charge on any atom is -0.426 e. The lowest BCUT2D eigenvalue weighted by molar-refractivity contribution is -0.132. The van der Waals surface area contributed by atoms with Crippen LogP contribution in [-0.4, -0.2) is 38.3 Å². The highest BCUT2D eigenvalue weighted by Gasteiger charge is 2.24. The molecular formula is C19H19FN2O5S. The van der Waals surface area contributed by atoms with Gasteiger partial charge in [0, 0.05) is 25.6 Å². The fraction of sp³-hybridized carbons (Fsp3) is 0.263. The second-order valence-electron chi connectivity index (χ2n) is 6.33. The van der Waals surface area contributed by atoms with Crippen LogP contribution in [0.25, 0.3) is 0 Å². The molecule has 0 fully saturated rings. The molecule has 0 saturated heterocycles. The average molecular weight is 406 g/mol. The van der Waals surface area contributed by atoms with E-state index in [-0.39, 0.29) is 10.8 Å². The quantitative estimate of drug-likeness (QED) is 0.602. The number of halogens is 1. The van der Waals surface area contributed by atoms with Crippen molar-refractivity contribution >= 4 is 21.9 Å². The van der Waals surface area contributed by atoms with Gasteiger partial charge < -0.3 is 9.64 Å². The molecule has 1 N–H and O–H groups in total. The van der Waals surface area contributed by atoms with Gasteiger partial charge in [-0.1, -0.05) is 12.1 Å². The van der Waals surface area contributed by atoms with Crippen LogP contribution in [0.15, 0.2) is 47.4 Å². The highest BCUT2D eigenvalue weighted by molar-refractivity contribution is 7.89. The second kappa shape index (κ2) is 8.07. The number of benzene rings is 2. The Hall–Kier alpha value is -2.78. The Kier molecular flexibility index (Phi) is 5.76. The van der Waals surface area contributed by atoms with Gasteiger partial charge in [0.1, 0.15) is 11.6 Å². The maximum atomic E-state index is 12.9. The number of ether oxygens (including phenoxy) is 1. The number of carbonyl (C=O) groups is 2. The summed E-state index contributed by atoms with van der Waals surface area (Å²) >= 11 is 0. The van der Waals surface area contributed by atoms with Crippen LogP contribution in [0.1, 0.15) is 18.1 Å². The molecule has 0 aromatic heterocycles. The lowest BCUT2D eigenvalue weighted by atomic mass is 9.98. The van der Waals surface area contributed by atoms with Crippen molar-refractivity contribution in [3.63, 3.8) is 0 Å². The summed E-state index contributed by atoms with van der Waals surface area (Å²) in [4.78, 5) is 25.1. The van der Waals surface area contributed by atoms with Crippen LogP contribution in [0.4, 0.5) is 4.39 Å². The molecule has 0 aliphatic carbocycles. The summed E-state index contributed by atoms with van der Waals surface area (Å²) in [5.41, 5.74) is 1.72. The van der Waals surface area contributed by atoms with Gasteiger partial charge >= 0.3 is 5.97 Å². The van der Waals surface area contributed by atoms with Gasteiger partial charge in [-0.25, -0.2) is 17.5 Å². The molecule has 148 valence electrons. The lowest BCUT2D eigenvalue weighted by Crippen LogP contribution is -2.42. The summed E-state index contributed by atoms with van der Waals surface area (Å²) in [6, 6.07) is 9.63. The zero-order chi connectivity index (χ0) is 20.3. The molecule has 0 radical (unpaired) electrons. The van der Waals surface area contributed by atoms with Gasteiger partial charge in [-0.05, 0) is 42.3 Å². The Morgan fingerprint density at radius 3 is 2.57 bits per heavy atom. The van der Waals surface area contributed by atoms with Crippen LogP contribution in [0.3, 0.4) is 0 Å². The van der Waals surface area contributed by atoms with Crippen molar-refractivity contribution in [1.82, 2.24) is 9.62 Å². The van der Waals surface area contributed by atoms with Gasteiger partial charge in [0.05, 0.1) is 11.4 Å². The van der Waals surface area contributed by atoms with Crippen molar-refractivity contribution in [3.05, 3.63) is 59.4 Å². The topological polar surface area (TPSA) is 92.8 Å². The standard InChI is InChI=1S/C19H19FN2O5S/c1-13(23)27-18-4-2-3-14-12-22(10-9-17(14)18)19(24)11-21-28(25,26)16-7-5-15(20)6-8-16/h2-8,21H,9-12H2,1H3. The summed E-state index contributed by atoms with van der Waals surface area (Å²) in [5.74, 6) is -0.861. The van der Waals surface area contributed by atoms with Crippen LogP contribution in [-0.2, 0) is 32.6 Å². The van der Waals surface area contributed by atoms with Gasteiger partial charge in [-0.3, -0.25) is 9.59 Å². The molecule has 0 unspecified atom stereocenters. The van der Waals surface area contributed by atoms with E-state index in [1.165, 1.54) is 11.8 Å². The summed E-state index contributed by atoms with van der Waals surface area (Å²) in [7, 11) is -3.91. The van der Waals surface area contributed by atoms with Crippen molar-refractivity contribution in [3.8, 4) is 5.75 Å². The Balaban J connectivity index is 1.65. The fourth-order valence-corrected chi connectivity index (χ4v) is 3.98. The van der Waals surface area contributed by atoms with Crippen LogP contribution < -0.4 is 9.46 Å². The lowest BCUT2D eigenvalue weighted by Gasteiger charge is -2.29. The normalized spacial score (nSPS) is 13.7. The first kappa shape index (κ1) is 20.0. The number of nitrogens with zero attached hydrogens (tertiary/aromatic N) is 1. The fourth-order valence-electron chi connectivity index (χ4n) is 3.00. The number of sulfonamides is 1. The number of hydrogen-bond acceptors (Lipinski definition) is 5. The molecule has 0 atom stereocenters. The minimum atomic E-state index is -3.91. The average Bonchev–Trinajstić information content (AvgIpc) is 2.66. The van der Waals surface area contributed by atoms with Crippen LogP contribution >= 0.6 is 0 Å². The van der Waals surface area contributed by atoms with E-state index in [0.29, 0.717) is 25.3 Å². The number of esters is 1. The largest absolute Gasteiger partial charge is 0.426 e. The number of fused-ring (bicyclic) bond motifs is 1. The molecule has 1 aliphatic rings. The molecule has 2 aromatic rings. The Morgan fingerprint density at radius 2 is 1.89 bits per heavy atom. The van der Waals surface area contributed by atoms with Gasteiger partial charge in [0.25, 0.3) is 0 Å². The number of hydrogen-bond donors (Lipinski definition) is 1. The van der Waals surface area contributed by atoms with E-state index in [2.05, 4.69) is 4.72 Å². The van der Waals surface area contributed by atoms with Crippen LogP contribution in [0, 0.1) is 5.82 Å². The van der Waals surface area contributed by atoms with Gasteiger partial charge in [-0.2, -0.15) is 0 Å². The summed E-state index contributed by atoms with van der Waals surface area (Å²) in [5, 5.41) is 0. The van der Waals surface area contributed by atoms with E-state index in [9.17, 15) is 22.4 Å². The number of carbonyl (C=O) groups excluding carboxylic acids is 2. The van der Waals surface area contributed by atoms with Gasteiger partial charge in [0.2, 0.25) is 15.9 Å². The first-order chi connectivity index (χ1) is 13.3. The molecule has 9 heteroatoms. The Labute approximate surface area is 162 Å². The van der Waals surface area contributed by atoms with E-state index in [1.54, 1.807) is 12.1 Å². The number of amides is 1. The van der Waals surface area contributed by atoms with Crippen molar-refractivity contribution in [2.75, 3.05) is 13.1 Å². The third kappa shape index (κ3) is 4.55. The molecule has 0 bridgehead atoms. The highest BCUT2D eigenvalue weighted by atomic mass is 32.2. The van der Waals surface area contributed by atoms with Crippen molar-refractivity contribution in [2.24, 2.45) is 0 Å². The molecule has 7 nitrogen and oxygen atoms in total. The molecule has 1 heterocycles. The summed E-state index contributed by atoms with van der Waals surface area (Å²) < 4.78 is 44.8. The van der Waals surface area contributed by atoms with Crippen molar-refractivity contribution < 1.29 is 27.1 Å². The van der Waals surface area contributed by atoms with E-state index in [0.717, 1.165) is 35.4 Å². The molecule has 1 aliphatic heterocycles. The third-order valence-electron chi connectivity index (χ3n) is 4.37. The Bertz CT molecular complexity index is 1010. The van der Waals surface area contributed by atoms with E-state index in [4.69, 9.17) is 4.74 Å². The zero-order valence-electron chi connectivity index (χ0n) is 15.1. The first-order valence-corrected chi connectivity index (χ1v) is 10.1. The van der Waals surface area contributed by atoms with Crippen molar-refractivity contribution in [1.29, 1.82) is 0 Å². The highest BCUT2D eigenvalue weighted by Crippen LogP contribution is 2.28. The third-order valence-corrected chi connectivity index (χ3v) is 5.78. The molecule has 0 saturated carbocycles. The number of nitrogens with one attached hydrogen (secondary N) is 1. The summed E-state index contributed by atoms with van der Waals surface area (Å²) in [6.07, 6.45) is 0.495. The maximum absolute atomic E-state index is 12.9. The SMILES string of the molecule is CC(=O)Oc1cccc2c1CCN(C(=O)CNS(=O)(=O)c1ccc(F)cc1)C2. The predicted octanol–water partition coefficient (Wildman–Crippen LogP) is 1.61. The van der Waals surface area contributed by atoms with Gasteiger partial charge in [0.15, 0.2) is 0 Å². The Morgan fingerprint density at radius 1 is 1.18 bits per heavy atom. The number of rotatable bonds is 5. The second-order valence-corrected chi connectivity index (χ2v) is 8.10. The van der Waals surface area contributed by atoms with Gasteiger partial charge in [-0.15, -0.1) is 0 Å². The summed E-state index contributed by atoms with van der Waals surface area (Å²) in [6.45, 7) is 1.59. The molecule has 2 aromatic carbocycles. The molecule has 28 heavy (non-hydrogen) atoms. The van der Waals surface area contributed by atoms with Crippen molar-refractivity contribution in [2.45, 2.75) is 24.8 Å². The predicted molar refractivity (Wildman–Crippen MR) is 98.5 cm³/mol. The maximum Gasteiger partial charge on any atom is 0.308 e. The van der Waals surface area contributed by atoms with Crippen LogP contribution in [0.5, 0.6) is 5.75 Å². The molecule has 3 rings (SSSR count). The van der Waals surface area contributed by atoms with E-state index < -0.39 is 28.4 Å². The molecule has 1 amide bonds. The van der Waals surface area contributed by atoms with Crippen LogP contribution in [0.2, 0.25) is 0 Å². The first-order valence-electron chi connectivity index (χ1n) is 8.58. The molecule has 0 spiro atoms. The molecular weight excluding hydrogens is 387 g/mol. The monoisotopic (exact) mass is 406 g/mol. The van der Waals surface area contributed by atoms with E-state index in [1.807, 2.05) is 6.07 Å². The zero-order valence-corrected chi connectivity index (χ0v) is 16.0. The smallest absolute Gasteiger partial charge is 0.308 e.